The van der Waals surface area contributed by atoms with Gasteiger partial charge in [-0.3, -0.25) is 4.79 Å². The van der Waals surface area contributed by atoms with Crippen LogP contribution in [0.5, 0.6) is 5.75 Å². The van der Waals surface area contributed by atoms with Gasteiger partial charge in [-0.1, -0.05) is 43.8 Å². The van der Waals surface area contributed by atoms with Crippen molar-refractivity contribution in [1.82, 2.24) is 9.97 Å². The summed E-state index contributed by atoms with van der Waals surface area (Å²) in [5, 5.41) is 24.2. The van der Waals surface area contributed by atoms with Crippen LogP contribution in [0.1, 0.15) is 69.2 Å². The first-order valence-electron chi connectivity index (χ1n) is 16.4. The van der Waals surface area contributed by atoms with Crippen LogP contribution < -0.4 is 4.74 Å². The molecule has 2 aromatic carbocycles. The number of rotatable bonds is 6. The summed E-state index contributed by atoms with van der Waals surface area (Å²) in [7, 11) is 1.63. The van der Waals surface area contributed by atoms with Crippen LogP contribution in [0.15, 0.2) is 65.4 Å². The minimum atomic E-state index is -1.04. The lowest BCUT2D eigenvalue weighted by atomic mass is 9.32. The number of hydrogen-bond acceptors (Lipinski definition) is 6. The number of aromatic amines is 1. The molecule has 0 saturated heterocycles. The number of benzene rings is 2. The zero-order valence-corrected chi connectivity index (χ0v) is 27.2. The molecule has 3 N–H and O–H groups in total. The van der Waals surface area contributed by atoms with Crippen molar-refractivity contribution in [2.24, 2.45) is 33.5 Å². The molecule has 0 amide bonds. The molecule has 0 aliphatic heterocycles. The number of nitrogens with one attached hydrogen (secondary N) is 1. The molecule has 6 aliphatic rings. The predicted octanol–water partition coefficient (Wildman–Crippen LogP) is 7.42. The number of imidazole rings is 1. The summed E-state index contributed by atoms with van der Waals surface area (Å²) in [6.45, 7) is 4.52. The van der Waals surface area contributed by atoms with Crippen molar-refractivity contribution in [2.45, 2.75) is 75.7 Å². The molecule has 3 aromatic rings. The molecule has 9 rings (SSSR count). The Morgan fingerprint density at radius 1 is 1.02 bits per heavy atom. The molecule has 2 bridgehead atoms. The lowest BCUT2D eigenvalue weighted by molar-refractivity contribution is -0.166. The third-order valence-corrected chi connectivity index (χ3v) is 14.3. The number of thioether (sulfide) groups is 1. The van der Waals surface area contributed by atoms with Gasteiger partial charge in [0.15, 0.2) is 22.6 Å². The summed E-state index contributed by atoms with van der Waals surface area (Å²) < 4.78 is 33.8. The number of methoxy groups -OCH3 is 1. The lowest BCUT2D eigenvalue weighted by Gasteiger charge is -2.71. The van der Waals surface area contributed by atoms with Gasteiger partial charge in [0.25, 0.3) is 0 Å². The lowest BCUT2D eigenvalue weighted by Crippen LogP contribution is -2.67. The molecule has 0 radical (unpaired) electrons. The first-order chi connectivity index (χ1) is 21.9. The molecule has 2 spiro atoms. The van der Waals surface area contributed by atoms with Crippen LogP contribution in [-0.4, -0.2) is 50.5 Å². The van der Waals surface area contributed by atoms with E-state index in [1.54, 1.807) is 7.11 Å². The Kier molecular flexibility index (Phi) is 6.59. The van der Waals surface area contributed by atoms with Gasteiger partial charge < -0.3 is 19.9 Å². The Balaban J connectivity index is 1.19. The smallest absolute Gasteiger partial charge is 0.189 e. The van der Waals surface area contributed by atoms with Crippen molar-refractivity contribution >= 4 is 28.6 Å². The van der Waals surface area contributed by atoms with Crippen LogP contribution in [0.25, 0.3) is 11.0 Å². The Hall–Kier alpha value is -3.01. The van der Waals surface area contributed by atoms with Gasteiger partial charge in [0, 0.05) is 39.2 Å². The number of hydrogen-bond donors (Lipinski definition) is 3. The van der Waals surface area contributed by atoms with E-state index < -0.39 is 39.6 Å². The van der Waals surface area contributed by atoms with Crippen LogP contribution in [0, 0.1) is 45.1 Å². The van der Waals surface area contributed by atoms with E-state index in [9.17, 15) is 23.8 Å². The predicted molar refractivity (Wildman–Crippen MR) is 173 cm³/mol. The molecule has 6 nitrogen and oxygen atoms in total. The number of H-pyrrole nitrogens is 1. The monoisotopic (exact) mass is 646 g/mol. The number of aromatic nitrogens is 2. The summed E-state index contributed by atoms with van der Waals surface area (Å²) in [4.78, 5) is 22.6. The number of Topliss-reactive ketones (excluding diaryl/α,β-unsaturated/α-hetero) is 1. The second-order valence-electron chi connectivity index (χ2n) is 15.0. The van der Waals surface area contributed by atoms with Crippen LogP contribution in [-0.2, 0) is 0 Å². The third kappa shape index (κ3) is 3.88. The summed E-state index contributed by atoms with van der Waals surface area (Å²) >= 11 is 1.52. The number of allylic oxidation sites excluding steroid dienone is 4. The molecule has 3 saturated carbocycles. The molecule has 3 fully saturated rings. The number of halogens is 2. The maximum absolute atomic E-state index is 14.5. The maximum atomic E-state index is 14.5. The van der Waals surface area contributed by atoms with Crippen molar-refractivity contribution in [3.63, 3.8) is 0 Å². The van der Waals surface area contributed by atoms with E-state index in [0.717, 1.165) is 59.8 Å². The average Bonchev–Trinajstić information content (AvgIpc) is 3.58. The number of carbonyl (C=O) groups excluding carboxylic acids is 1. The van der Waals surface area contributed by atoms with E-state index in [2.05, 4.69) is 37.1 Å². The SMILES string of the molecule is COc1ccc2nc(SCC3(O)CCC4C56C=CC7(C=C5C(=O)c5ccc(F)c(F)c5)CC(O)CCC7(C)C6CCC43C)[nH]c2c1. The number of ketones is 1. The fourth-order valence-electron chi connectivity index (χ4n) is 10.7. The van der Waals surface area contributed by atoms with Gasteiger partial charge in [-0.2, -0.15) is 0 Å². The van der Waals surface area contributed by atoms with Crippen LogP contribution in [0.4, 0.5) is 8.78 Å². The normalized spacial score (nSPS) is 39.1. The zero-order valence-electron chi connectivity index (χ0n) is 26.4. The fraction of sp³-hybridized carbons (Fsp3) is 0.514. The van der Waals surface area contributed by atoms with Gasteiger partial charge in [-0.05, 0) is 92.5 Å². The maximum Gasteiger partial charge on any atom is 0.189 e. The van der Waals surface area contributed by atoms with E-state index in [-0.39, 0.29) is 28.6 Å². The van der Waals surface area contributed by atoms with E-state index in [0.29, 0.717) is 30.6 Å². The number of fused-ring (bicyclic) bond motifs is 2. The van der Waals surface area contributed by atoms with Crippen molar-refractivity contribution in [1.29, 1.82) is 0 Å². The van der Waals surface area contributed by atoms with Gasteiger partial charge in [0.1, 0.15) is 5.75 Å². The zero-order chi connectivity index (χ0) is 32.3. The van der Waals surface area contributed by atoms with E-state index in [1.165, 1.54) is 17.8 Å². The highest BCUT2D eigenvalue weighted by Crippen LogP contribution is 2.78. The largest absolute Gasteiger partial charge is 0.497 e. The molecular formula is C37H40F2N2O4S. The third-order valence-electron chi connectivity index (χ3n) is 13.3. The molecule has 242 valence electrons. The molecule has 9 heteroatoms. The highest BCUT2D eigenvalue weighted by atomic mass is 32.2. The molecule has 46 heavy (non-hydrogen) atoms. The molecule has 8 atom stereocenters. The Bertz CT molecular complexity index is 1840. The van der Waals surface area contributed by atoms with E-state index in [1.807, 2.05) is 18.2 Å². The standard InChI is InChI=1S/C37H40F2N2O4S/c1-33-11-8-22(42)18-35(33)14-15-37(24(19-35)31(43)21-4-6-25(38)26(39)16-21)29(33)9-12-34(2)30(37)10-13-36(34,44)20-46-32-40-27-7-5-23(45-3)17-28(27)41-32/h4-7,14-17,19,22,29-30,42,44H,8-13,18,20H2,1-3H3,(H,40,41). The van der Waals surface area contributed by atoms with Crippen LogP contribution in [0.2, 0.25) is 0 Å². The molecule has 6 aliphatic carbocycles. The molecule has 1 aromatic heterocycles. The number of aliphatic hydroxyl groups is 2. The quantitative estimate of drug-likeness (QED) is 0.147. The molecular weight excluding hydrogens is 606 g/mol. The molecule has 8 unspecified atom stereocenters. The van der Waals surface area contributed by atoms with Crippen LogP contribution >= 0.6 is 11.8 Å². The summed E-state index contributed by atoms with van der Waals surface area (Å²) in [6, 6.07) is 9.11. The van der Waals surface area contributed by atoms with Crippen molar-refractivity contribution < 1.29 is 28.5 Å². The Morgan fingerprint density at radius 3 is 2.57 bits per heavy atom. The number of nitrogens with zero attached hydrogens (tertiary/aromatic N) is 1. The van der Waals surface area contributed by atoms with Gasteiger partial charge in [-0.25, -0.2) is 13.8 Å². The van der Waals surface area contributed by atoms with Crippen molar-refractivity contribution in [2.75, 3.05) is 12.9 Å². The number of carbonyl (C=O) groups is 1. The highest BCUT2D eigenvalue weighted by Gasteiger charge is 2.74. The topological polar surface area (TPSA) is 95.4 Å². The summed E-state index contributed by atoms with van der Waals surface area (Å²) in [5.41, 5.74) is -0.406. The average molecular weight is 647 g/mol. The van der Waals surface area contributed by atoms with E-state index in [4.69, 9.17) is 9.72 Å². The fourth-order valence-corrected chi connectivity index (χ4v) is 11.9. The van der Waals surface area contributed by atoms with Crippen LogP contribution in [0.3, 0.4) is 0 Å². The van der Waals surface area contributed by atoms with Gasteiger partial charge >= 0.3 is 0 Å². The summed E-state index contributed by atoms with van der Waals surface area (Å²) in [6.07, 6.45) is 11.2. The van der Waals surface area contributed by atoms with Crippen molar-refractivity contribution in [3.8, 4) is 5.75 Å². The first-order valence-corrected chi connectivity index (χ1v) is 17.4. The van der Waals surface area contributed by atoms with Gasteiger partial charge in [-0.15, -0.1) is 0 Å². The highest BCUT2D eigenvalue weighted by molar-refractivity contribution is 7.99. The second-order valence-corrected chi connectivity index (χ2v) is 15.9. The first kappa shape index (κ1) is 30.3. The van der Waals surface area contributed by atoms with Crippen molar-refractivity contribution in [3.05, 3.63) is 77.4 Å². The Morgan fingerprint density at radius 2 is 1.78 bits per heavy atom. The van der Waals surface area contributed by atoms with Gasteiger partial charge in [0.2, 0.25) is 0 Å². The van der Waals surface area contributed by atoms with Gasteiger partial charge in [0.05, 0.1) is 29.8 Å². The summed E-state index contributed by atoms with van der Waals surface area (Å²) in [5.74, 6) is -1.05. The molecule has 1 heterocycles. The second kappa shape index (κ2) is 10.0. The minimum absolute atomic E-state index is 0.0389. The number of aliphatic hydroxyl groups excluding tert-OH is 1. The minimum Gasteiger partial charge on any atom is -0.497 e. The Labute approximate surface area is 271 Å². The van der Waals surface area contributed by atoms with E-state index >= 15 is 0 Å². The number of ether oxygens (including phenoxy) is 1.